The van der Waals surface area contributed by atoms with Crippen LogP contribution in [0.4, 0.5) is 0 Å². The van der Waals surface area contributed by atoms with Crippen LogP contribution in [0.25, 0.3) is 23.0 Å². The molecule has 0 aliphatic heterocycles. The van der Waals surface area contributed by atoms with Gasteiger partial charge in [0, 0.05) is 22.3 Å². The van der Waals surface area contributed by atoms with Crippen molar-refractivity contribution in [3.63, 3.8) is 0 Å². The van der Waals surface area contributed by atoms with Gasteiger partial charge in [-0.3, -0.25) is 0 Å². The van der Waals surface area contributed by atoms with Crippen molar-refractivity contribution < 1.29 is 13.2 Å². The van der Waals surface area contributed by atoms with E-state index in [9.17, 15) is 13.7 Å². The second kappa shape index (κ2) is 11.4. The van der Waals surface area contributed by atoms with Gasteiger partial charge in [-0.05, 0) is 72.3 Å². The van der Waals surface area contributed by atoms with Crippen LogP contribution in [0.1, 0.15) is 11.1 Å². The van der Waals surface area contributed by atoms with Crippen molar-refractivity contribution in [1.29, 1.82) is 5.26 Å². The van der Waals surface area contributed by atoms with Gasteiger partial charge in [0.25, 0.3) is 0 Å². The summed E-state index contributed by atoms with van der Waals surface area (Å²) < 4.78 is 34.0. The molecule has 0 N–H and O–H groups in total. The molecule has 39 heavy (non-hydrogen) atoms. The molecular formula is C31H22ClN3O3S. The van der Waals surface area contributed by atoms with E-state index in [1.165, 1.54) is 18.2 Å². The molecule has 0 saturated heterocycles. The van der Waals surface area contributed by atoms with Crippen LogP contribution in [0.5, 0.6) is 5.75 Å². The maximum atomic E-state index is 13.2. The van der Waals surface area contributed by atoms with E-state index in [0.29, 0.717) is 28.6 Å². The third-order valence-electron chi connectivity index (χ3n) is 5.95. The molecule has 0 radical (unpaired) electrons. The molecule has 1 aromatic heterocycles. The van der Waals surface area contributed by atoms with E-state index >= 15 is 0 Å². The highest BCUT2D eigenvalue weighted by Crippen LogP contribution is 2.30. The summed E-state index contributed by atoms with van der Waals surface area (Å²) in [5.41, 5.74) is 3.54. The highest BCUT2D eigenvalue weighted by atomic mass is 35.5. The largest absolute Gasteiger partial charge is 0.489 e. The summed E-state index contributed by atoms with van der Waals surface area (Å²) in [6.07, 6.45) is 3.09. The molecule has 0 aliphatic rings. The molecule has 192 valence electrons. The van der Waals surface area contributed by atoms with E-state index in [2.05, 4.69) is 0 Å². The Hall–Kier alpha value is -4.64. The predicted octanol–water partition coefficient (Wildman–Crippen LogP) is 7.11. The minimum atomic E-state index is -4.01. The smallest absolute Gasteiger partial charge is 0.216 e. The number of benzene rings is 4. The standard InChI is InChI=1S/C31H22ClN3O3S/c32-26-15-11-23(12-16-26)22-38-28-17-13-24(14-18-28)31-25(21-35(34-31)27-7-3-1-4-8-27)19-30(20-33)39(36,37)29-9-5-2-6-10-29/h1-19,21H,22H2/b30-19-. The number of ether oxygens (including phenoxy) is 1. The first kappa shape index (κ1) is 26.0. The van der Waals surface area contributed by atoms with Gasteiger partial charge in [-0.15, -0.1) is 0 Å². The molecule has 6 nitrogen and oxygen atoms in total. The second-order valence-electron chi connectivity index (χ2n) is 8.59. The fraction of sp³-hybridized carbons (Fsp3) is 0.0323. The molecule has 0 saturated carbocycles. The van der Waals surface area contributed by atoms with E-state index in [0.717, 1.165) is 16.8 Å². The summed E-state index contributed by atoms with van der Waals surface area (Å²) in [6.45, 7) is 0.385. The van der Waals surface area contributed by atoms with Crippen molar-refractivity contribution in [1.82, 2.24) is 9.78 Å². The number of hydrogen-bond acceptors (Lipinski definition) is 5. The lowest BCUT2D eigenvalue weighted by atomic mass is 10.1. The van der Waals surface area contributed by atoms with Gasteiger partial charge in [-0.25, -0.2) is 13.1 Å². The summed E-state index contributed by atoms with van der Waals surface area (Å²) in [6, 6.07) is 34.0. The number of nitriles is 1. The van der Waals surface area contributed by atoms with Crippen LogP contribution >= 0.6 is 11.6 Å². The molecule has 0 fully saturated rings. The van der Waals surface area contributed by atoms with E-state index < -0.39 is 9.84 Å². The van der Waals surface area contributed by atoms with E-state index in [1.54, 1.807) is 29.1 Å². The van der Waals surface area contributed by atoms with Crippen molar-refractivity contribution >= 4 is 27.5 Å². The zero-order valence-electron chi connectivity index (χ0n) is 20.6. The van der Waals surface area contributed by atoms with E-state index in [4.69, 9.17) is 21.4 Å². The highest BCUT2D eigenvalue weighted by Gasteiger charge is 2.22. The Morgan fingerprint density at radius 3 is 2.18 bits per heavy atom. The Bertz CT molecular complexity index is 1760. The third kappa shape index (κ3) is 5.93. The van der Waals surface area contributed by atoms with E-state index in [-0.39, 0.29) is 9.80 Å². The average Bonchev–Trinajstić information content (AvgIpc) is 3.40. The minimum absolute atomic E-state index is 0.0528. The SMILES string of the molecule is N#C/C(=C/c1cn(-c2ccccc2)nc1-c1ccc(OCc2ccc(Cl)cc2)cc1)S(=O)(=O)c1ccccc1. The van der Waals surface area contributed by atoms with E-state index in [1.807, 2.05) is 84.9 Å². The van der Waals surface area contributed by atoms with Crippen LogP contribution in [0, 0.1) is 11.3 Å². The second-order valence-corrected chi connectivity index (χ2v) is 10.9. The Labute approximate surface area is 231 Å². The number of rotatable bonds is 8. The van der Waals surface area contributed by atoms with Crippen LogP contribution in [0.3, 0.4) is 0 Å². The third-order valence-corrected chi connectivity index (χ3v) is 7.88. The first-order chi connectivity index (χ1) is 18.9. The Morgan fingerprint density at radius 2 is 1.54 bits per heavy atom. The van der Waals surface area contributed by atoms with Crippen LogP contribution in [0.15, 0.2) is 125 Å². The number of sulfone groups is 1. The lowest BCUT2D eigenvalue weighted by Crippen LogP contribution is -2.03. The zero-order valence-corrected chi connectivity index (χ0v) is 22.2. The average molecular weight is 552 g/mol. The van der Waals surface area contributed by atoms with Crippen molar-refractivity contribution in [2.75, 3.05) is 0 Å². The summed E-state index contributed by atoms with van der Waals surface area (Å²) in [5, 5.41) is 15.2. The lowest BCUT2D eigenvalue weighted by molar-refractivity contribution is 0.306. The summed E-state index contributed by atoms with van der Waals surface area (Å²) in [7, 11) is -4.01. The molecular weight excluding hydrogens is 530 g/mol. The van der Waals surface area contributed by atoms with Crippen molar-refractivity contribution in [3.8, 4) is 28.8 Å². The topological polar surface area (TPSA) is 85.0 Å². The lowest BCUT2D eigenvalue weighted by Gasteiger charge is -2.08. The molecule has 0 atom stereocenters. The first-order valence-corrected chi connectivity index (χ1v) is 13.8. The van der Waals surface area contributed by atoms with Gasteiger partial charge >= 0.3 is 0 Å². The summed E-state index contributed by atoms with van der Waals surface area (Å²) in [4.78, 5) is -0.317. The number of para-hydroxylation sites is 1. The van der Waals surface area contributed by atoms with Gasteiger partial charge < -0.3 is 4.74 Å². The van der Waals surface area contributed by atoms with Crippen LogP contribution in [-0.2, 0) is 16.4 Å². The molecule has 5 aromatic rings. The molecule has 0 spiro atoms. The number of nitrogens with zero attached hydrogens (tertiary/aromatic N) is 3. The Morgan fingerprint density at radius 1 is 0.897 bits per heavy atom. The maximum Gasteiger partial charge on any atom is 0.216 e. The predicted molar refractivity (Wildman–Crippen MR) is 152 cm³/mol. The molecule has 0 bridgehead atoms. The van der Waals surface area contributed by atoms with Gasteiger partial charge in [0.2, 0.25) is 9.84 Å². The minimum Gasteiger partial charge on any atom is -0.489 e. The quantitative estimate of drug-likeness (QED) is 0.192. The van der Waals surface area contributed by atoms with Crippen molar-refractivity contribution in [2.24, 2.45) is 0 Å². The van der Waals surface area contributed by atoms with Gasteiger partial charge in [-0.2, -0.15) is 10.4 Å². The Kier molecular flexibility index (Phi) is 7.60. The fourth-order valence-corrected chi connectivity index (χ4v) is 5.22. The number of aromatic nitrogens is 2. The molecule has 4 aromatic carbocycles. The molecule has 0 amide bonds. The first-order valence-electron chi connectivity index (χ1n) is 12.0. The van der Waals surface area contributed by atoms with Crippen LogP contribution in [-0.4, -0.2) is 18.2 Å². The molecule has 0 aliphatic carbocycles. The van der Waals surface area contributed by atoms with Gasteiger partial charge in [0.1, 0.15) is 29.0 Å². The zero-order chi connectivity index (χ0) is 27.2. The summed E-state index contributed by atoms with van der Waals surface area (Å²) >= 11 is 5.95. The van der Waals surface area contributed by atoms with Gasteiger partial charge in [0.15, 0.2) is 0 Å². The van der Waals surface area contributed by atoms with Gasteiger partial charge in [-0.1, -0.05) is 60.1 Å². The Balaban J connectivity index is 1.50. The molecule has 1 heterocycles. The summed E-state index contributed by atoms with van der Waals surface area (Å²) in [5.74, 6) is 0.664. The number of allylic oxidation sites excluding steroid dienone is 1. The highest BCUT2D eigenvalue weighted by molar-refractivity contribution is 7.95. The number of halogens is 1. The molecule has 5 rings (SSSR count). The van der Waals surface area contributed by atoms with Crippen LogP contribution < -0.4 is 4.74 Å². The van der Waals surface area contributed by atoms with Gasteiger partial charge in [0.05, 0.1) is 10.6 Å². The van der Waals surface area contributed by atoms with Crippen LogP contribution in [0.2, 0.25) is 5.02 Å². The monoisotopic (exact) mass is 551 g/mol. The maximum absolute atomic E-state index is 13.2. The fourth-order valence-electron chi connectivity index (χ4n) is 3.92. The number of hydrogen-bond donors (Lipinski definition) is 0. The molecule has 8 heteroatoms. The van der Waals surface area contributed by atoms with Crippen molar-refractivity contribution in [3.05, 3.63) is 136 Å². The normalized spacial score (nSPS) is 11.6. The molecule has 0 unspecified atom stereocenters. The van der Waals surface area contributed by atoms with Crippen molar-refractivity contribution in [2.45, 2.75) is 11.5 Å².